The van der Waals surface area contributed by atoms with E-state index in [0.717, 1.165) is 18.3 Å². The number of carbonyl (C=O) groups excluding carboxylic acids is 1. The predicted molar refractivity (Wildman–Crippen MR) is 74.8 cm³/mol. The Hall–Kier alpha value is -0.280. The van der Waals surface area contributed by atoms with Crippen molar-refractivity contribution in [1.82, 2.24) is 4.90 Å². The Balaban J connectivity index is 0.00000162. The van der Waals surface area contributed by atoms with Crippen molar-refractivity contribution in [2.75, 3.05) is 20.6 Å². The molecule has 0 aliphatic heterocycles. The first-order valence-electron chi connectivity index (χ1n) is 6.66. The molecule has 0 aromatic heterocycles. The van der Waals surface area contributed by atoms with Crippen molar-refractivity contribution in [2.45, 2.75) is 39.7 Å². The first kappa shape index (κ1) is 15.8. The van der Waals surface area contributed by atoms with Crippen LogP contribution in [-0.4, -0.2) is 37.6 Å². The van der Waals surface area contributed by atoms with Gasteiger partial charge in [0.25, 0.3) is 0 Å². The fraction of sp³-hybridized carbons (Fsp3) is 0.929. The molecule has 3 aliphatic rings. The van der Waals surface area contributed by atoms with Gasteiger partial charge in [0.05, 0.1) is 6.54 Å². The van der Waals surface area contributed by atoms with Crippen LogP contribution in [0.4, 0.5) is 0 Å². The second kappa shape index (κ2) is 5.38. The summed E-state index contributed by atoms with van der Waals surface area (Å²) >= 11 is 0. The monoisotopic (exact) mass is 275 g/mol. The topological polar surface area (TPSA) is 29.5 Å². The Morgan fingerprint density at radius 2 is 1.94 bits per heavy atom. The van der Waals surface area contributed by atoms with Crippen LogP contribution in [0.25, 0.3) is 0 Å². The minimum absolute atomic E-state index is 0. The largest absolute Gasteiger partial charge is 0.461 e. The molecule has 0 spiro atoms. The van der Waals surface area contributed by atoms with Crippen LogP contribution >= 0.6 is 12.4 Å². The number of fused-ring (bicyclic) bond motifs is 2. The van der Waals surface area contributed by atoms with Crippen molar-refractivity contribution in [3.63, 3.8) is 0 Å². The third kappa shape index (κ3) is 2.67. The maximum Gasteiger partial charge on any atom is 0.320 e. The highest BCUT2D eigenvalue weighted by molar-refractivity contribution is 5.85. The van der Waals surface area contributed by atoms with E-state index < -0.39 is 0 Å². The molecule has 106 valence electrons. The summed E-state index contributed by atoms with van der Waals surface area (Å²) in [6.45, 7) is 7.36. The number of carbonyl (C=O) groups is 1. The highest BCUT2D eigenvalue weighted by atomic mass is 35.5. The summed E-state index contributed by atoms with van der Waals surface area (Å²) in [6, 6.07) is 0. The first-order chi connectivity index (χ1) is 7.82. The molecular weight excluding hydrogens is 250 g/mol. The molecule has 3 saturated carbocycles. The van der Waals surface area contributed by atoms with Gasteiger partial charge < -0.3 is 4.74 Å². The highest BCUT2D eigenvalue weighted by Gasteiger charge is 2.57. The van der Waals surface area contributed by atoms with Gasteiger partial charge in [0, 0.05) is 0 Å². The lowest BCUT2D eigenvalue weighted by Crippen LogP contribution is -2.57. The smallest absolute Gasteiger partial charge is 0.320 e. The van der Waals surface area contributed by atoms with Crippen LogP contribution < -0.4 is 0 Å². The zero-order valence-electron chi connectivity index (χ0n) is 12.1. The second-order valence-electron chi connectivity index (χ2n) is 6.72. The molecule has 0 N–H and O–H groups in total. The van der Waals surface area contributed by atoms with Gasteiger partial charge in [-0.05, 0) is 50.1 Å². The van der Waals surface area contributed by atoms with E-state index in [1.807, 2.05) is 19.0 Å². The van der Waals surface area contributed by atoms with Crippen LogP contribution in [0.5, 0.6) is 0 Å². The van der Waals surface area contributed by atoms with Crippen molar-refractivity contribution in [2.24, 2.45) is 23.2 Å². The lowest BCUT2D eigenvalue weighted by atomic mass is 9.45. The lowest BCUT2D eigenvalue weighted by molar-refractivity contribution is -0.186. The van der Waals surface area contributed by atoms with E-state index in [4.69, 9.17) is 4.74 Å². The molecule has 0 aromatic carbocycles. The van der Waals surface area contributed by atoms with Crippen molar-refractivity contribution in [3.8, 4) is 0 Å². The van der Waals surface area contributed by atoms with Crippen LogP contribution in [0.15, 0.2) is 0 Å². The standard InChI is InChI=1S/C14H25NO2.ClH/c1-9-11-6-10(14(11,2)3)7-12(9)17-13(16)8-15(4)5;/h9-12H,6-8H2,1-5H3;1H/t9-,10+,11-,12-;/m1./s1. The Labute approximate surface area is 117 Å². The summed E-state index contributed by atoms with van der Waals surface area (Å²) in [5.41, 5.74) is 0.462. The van der Waals surface area contributed by atoms with Gasteiger partial charge in [-0.1, -0.05) is 20.8 Å². The van der Waals surface area contributed by atoms with Gasteiger partial charge in [-0.3, -0.25) is 9.69 Å². The van der Waals surface area contributed by atoms with E-state index in [1.54, 1.807) is 0 Å². The van der Waals surface area contributed by atoms with Crippen molar-refractivity contribution in [3.05, 3.63) is 0 Å². The summed E-state index contributed by atoms with van der Waals surface area (Å²) < 4.78 is 5.63. The number of esters is 1. The third-order valence-electron chi connectivity index (χ3n) is 5.01. The highest BCUT2D eigenvalue weighted by Crippen LogP contribution is 2.61. The van der Waals surface area contributed by atoms with Crippen molar-refractivity contribution in [1.29, 1.82) is 0 Å². The van der Waals surface area contributed by atoms with Gasteiger partial charge in [-0.25, -0.2) is 0 Å². The van der Waals surface area contributed by atoms with E-state index in [2.05, 4.69) is 20.8 Å². The molecule has 0 heterocycles. The predicted octanol–water partition coefficient (Wildman–Crippen LogP) is 2.58. The average Bonchev–Trinajstić information content (AvgIpc) is 2.18. The van der Waals surface area contributed by atoms with Crippen LogP contribution in [-0.2, 0) is 9.53 Å². The van der Waals surface area contributed by atoms with E-state index in [0.29, 0.717) is 17.9 Å². The zero-order valence-corrected chi connectivity index (χ0v) is 12.9. The van der Waals surface area contributed by atoms with Crippen LogP contribution in [0.1, 0.15) is 33.6 Å². The number of halogens is 1. The van der Waals surface area contributed by atoms with Gasteiger partial charge in [-0.2, -0.15) is 0 Å². The molecule has 2 bridgehead atoms. The number of nitrogens with zero attached hydrogens (tertiary/aromatic N) is 1. The molecule has 0 saturated heterocycles. The molecule has 0 unspecified atom stereocenters. The van der Waals surface area contributed by atoms with Crippen molar-refractivity contribution >= 4 is 18.4 Å². The van der Waals surface area contributed by atoms with Gasteiger partial charge in [0.2, 0.25) is 0 Å². The Bertz CT molecular complexity index is 317. The Morgan fingerprint density at radius 1 is 1.33 bits per heavy atom. The van der Waals surface area contributed by atoms with Gasteiger partial charge in [0.15, 0.2) is 0 Å². The molecular formula is C14H26ClNO2. The quantitative estimate of drug-likeness (QED) is 0.742. The number of ether oxygens (including phenoxy) is 1. The number of rotatable bonds is 3. The minimum Gasteiger partial charge on any atom is -0.461 e. The molecule has 4 heteroatoms. The van der Waals surface area contributed by atoms with Crippen molar-refractivity contribution < 1.29 is 9.53 Å². The van der Waals surface area contributed by atoms with E-state index in [9.17, 15) is 4.79 Å². The zero-order chi connectivity index (χ0) is 12.8. The lowest BCUT2D eigenvalue weighted by Gasteiger charge is -2.61. The van der Waals surface area contributed by atoms with Gasteiger partial charge in [0.1, 0.15) is 6.10 Å². The van der Waals surface area contributed by atoms with Crippen LogP contribution in [0, 0.1) is 23.2 Å². The number of hydrogen-bond acceptors (Lipinski definition) is 3. The summed E-state index contributed by atoms with van der Waals surface area (Å²) in [5.74, 6) is 1.92. The number of likely N-dealkylation sites (N-methyl/N-ethyl adjacent to an activating group) is 1. The molecule has 3 rings (SSSR count). The Kier molecular flexibility index (Phi) is 4.71. The van der Waals surface area contributed by atoms with E-state index in [1.165, 1.54) is 6.42 Å². The molecule has 4 atom stereocenters. The summed E-state index contributed by atoms with van der Waals surface area (Å²) in [5, 5.41) is 0. The fourth-order valence-electron chi connectivity index (χ4n) is 3.72. The number of hydrogen-bond donors (Lipinski definition) is 0. The van der Waals surface area contributed by atoms with Gasteiger partial charge in [-0.15, -0.1) is 12.4 Å². The molecule has 0 aromatic rings. The molecule has 3 fully saturated rings. The summed E-state index contributed by atoms with van der Waals surface area (Å²) in [4.78, 5) is 13.5. The first-order valence-corrected chi connectivity index (χ1v) is 6.66. The molecule has 18 heavy (non-hydrogen) atoms. The SMILES string of the molecule is C[C@@H]1[C@H]2C[C@@H](C[C@H]1OC(=O)CN(C)C)C2(C)C.Cl. The second-order valence-corrected chi connectivity index (χ2v) is 6.72. The summed E-state index contributed by atoms with van der Waals surface area (Å²) in [6.07, 6.45) is 2.54. The molecule has 3 nitrogen and oxygen atoms in total. The molecule has 0 radical (unpaired) electrons. The van der Waals surface area contributed by atoms with Crippen LogP contribution in [0.2, 0.25) is 0 Å². The average molecular weight is 276 g/mol. The van der Waals surface area contributed by atoms with Crippen LogP contribution in [0.3, 0.4) is 0 Å². The third-order valence-corrected chi connectivity index (χ3v) is 5.01. The molecule has 0 amide bonds. The van der Waals surface area contributed by atoms with E-state index >= 15 is 0 Å². The van der Waals surface area contributed by atoms with Gasteiger partial charge >= 0.3 is 5.97 Å². The molecule has 3 aliphatic carbocycles. The maximum absolute atomic E-state index is 11.7. The van der Waals surface area contributed by atoms with E-state index in [-0.39, 0.29) is 24.5 Å². The fourth-order valence-corrected chi connectivity index (χ4v) is 3.72. The Morgan fingerprint density at radius 3 is 2.39 bits per heavy atom. The normalized spacial score (nSPS) is 36.6. The summed E-state index contributed by atoms with van der Waals surface area (Å²) in [7, 11) is 3.79. The maximum atomic E-state index is 11.7. The minimum atomic E-state index is -0.0778.